The first-order chi connectivity index (χ1) is 15.6. The molecule has 0 aromatic heterocycles. The summed E-state index contributed by atoms with van der Waals surface area (Å²) in [5.74, 6) is 0. The number of benzene rings is 3. The van der Waals surface area contributed by atoms with Gasteiger partial charge >= 0.3 is 16.5 Å². The molecule has 4 N–H and O–H groups in total. The summed E-state index contributed by atoms with van der Waals surface area (Å²) in [7, 11) is -6.26. The Labute approximate surface area is 203 Å². The fourth-order valence-corrected chi connectivity index (χ4v) is 3.36. The molecule has 0 radical (unpaired) electrons. The van der Waals surface area contributed by atoms with Crippen LogP contribution in [0, 0.1) is 0 Å². The van der Waals surface area contributed by atoms with Crippen molar-refractivity contribution >= 4 is 16.5 Å². The molecule has 8 heteroatoms. The van der Waals surface area contributed by atoms with Gasteiger partial charge in [-0.15, -0.1) is 0 Å². The van der Waals surface area contributed by atoms with E-state index >= 15 is 0 Å². The average Bonchev–Trinajstić information content (AvgIpc) is 2.72. The molecule has 6 nitrogen and oxygen atoms in total. The van der Waals surface area contributed by atoms with E-state index in [1.165, 1.54) is 33.4 Å². The van der Waals surface area contributed by atoms with Gasteiger partial charge < -0.3 is 19.6 Å². The molecule has 0 saturated heterocycles. The third-order valence-electron chi connectivity index (χ3n) is 5.00. The summed E-state index contributed by atoms with van der Waals surface area (Å²) >= 11 is 0. The zero-order chi connectivity index (χ0) is 26.1. The van der Waals surface area contributed by atoms with Gasteiger partial charge in [-0.25, -0.2) is 0 Å². The highest BCUT2D eigenvalue weighted by molar-refractivity contribution is 7.31. The Hall–Kier alpha value is -2.04. The fraction of sp³-hybridized carbons (Fsp3) is 0.308. The Balaban J connectivity index is 0.000000629. The minimum absolute atomic E-state index is 0.106. The van der Waals surface area contributed by atoms with Crippen LogP contribution in [-0.2, 0) is 20.0 Å². The second-order valence-electron chi connectivity index (χ2n) is 9.77. The topological polar surface area (TPSA) is 115 Å². The minimum atomic E-state index is -3.13. The molecule has 3 aromatic carbocycles. The lowest BCUT2D eigenvalue weighted by Gasteiger charge is -2.27. The Bertz CT molecular complexity index is 1060. The average molecular weight is 507 g/mol. The maximum atomic E-state index is 8.74. The standard InChI is InChI=1S/C26H30.2H3O3P/c1-25(2,3)22-16-17-23(24(18-22)26(4,5)6)21-14-12-20(13-15-21)19-10-8-7-9-11-19;2*1-4(2)3/h7-18H,1-6H3;2*4H,(H2,1,2,3). The van der Waals surface area contributed by atoms with Gasteiger partial charge in [-0.3, -0.25) is 9.13 Å². The van der Waals surface area contributed by atoms with Crippen molar-refractivity contribution < 1.29 is 28.7 Å². The third kappa shape index (κ3) is 10.5. The summed E-state index contributed by atoms with van der Waals surface area (Å²) in [6, 6.07) is 26.5. The van der Waals surface area contributed by atoms with Crippen LogP contribution >= 0.6 is 16.5 Å². The lowest BCUT2D eigenvalue weighted by atomic mass is 9.77. The van der Waals surface area contributed by atoms with Crippen molar-refractivity contribution in [3.8, 4) is 22.3 Å². The van der Waals surface area contributed by atoms with E-state index < -0.39 is 16.5 Å². The highest BCUT2D eigenvalue weighted by atomic mass is 31.1. The van der Waals surface area contributed by atoms with E-state index in [4.69, 9.17) is 28.7 Å². The summed E-state index contributed by atoms with van der Waals surface area (Å²) in [5.41, 5.74) is 8.23. The lowest BCUT2D eigenvalue weighted by molar-refractivity contribution is 0.403. The first kappa shape index (κ1) is 30.0. The zero-order valence-electron chi connectivity index (χ0n) is 20.5. The first-order valence-corrected chi connectivity index (χ1v) is 13.4. The maximum absolute atomic E-state index is 8.74. The molecule has 0 amide bonds. The monoisotopic (exact) mass is 506 g/mol. The van der Waals surface area contributed by atoms with Crippen molar-refractivity contribution in [2.75, 3.05) is 0 Å². The maximum Gasteiger partial charge on any atom is 0.314 e. The van der Waals surface area contributed by atoms with Crippen LogP contribution in [0.4, 0.5) is 0 Å². The molecule has 0 atom stereocenters. The van der Waals surface area contributed by atoms with Gasteiger partial charge in [-0.05, 0) is 44.2 Å². The molecule has 0 heterocycles. The molecule has 0 aliphatic carbocycles. The lowest BCUT2D eigenvalue weighted by Crippen LogP contribution is -2.17. The molecule has 0 unspecified atom stereocenters. The van der Waals surface area contributed by atoms with Crippen LogP contribution in [0.1, 0.15) is 52.7 Å². The number of hydrogen-bond donors (Lipinski definition) is 4. The Morgan fingerprint density at radius 1 is 0.559 bits per heavy atom. The van der Waals surface area contributed by atoms with Crippen LogP contribution in [0.15, 0.2) is 72.8 Å². The van der Waals surface area contributed by atoms with Crippen LogP contribution in [0.3, 0.4) is 0 Å². The zero-order valence-corrected chi connectivity index (χ0v) is 22.5. The smallest absolute Gasteiger partial charge is 0.314 e. The molecule has 0 bridgehead atoms. The van der Waals surface area contributed by atoms with Crippen LogP contribution < -0.4 is 0 Å². The quantitative estimate of drug-likeness (QED) is 0.302. The highest BCUT2D eigenvalue weighted by Crippen LogP contribution is 2.37. The van der Waals surface area contributed by atoms with Gasteiger partial charge in [0.1, 0.15) is 0 Å². The fourth-order valence-electron chi connectivity index (χ4n) is 3.36. The van der Waals surface area contributed by atoms with Gasteiger partial charge in [-0.2, -0.15) is 0 Å². The van der Waals surface area contributed by atoms with Gasteiger partial charge in [0.05, 0.1) is 0 Å². The number of hydrogen-bond acceptors (Lipinski definition) is 2. The van der Waals surface area contributed by atoms with E-state index in [1.54, 1.807) is 0 Å². The predicted molar refractivity (Wildman–Crippen MR) is 142 cm³/mol. The molecular formula is C26H36O6P2. The minimum Gasteiger partial charge on any atom is -0.326 e. The van der Waals surface area contributed by atoms with Crippen molar-refractivity contribution in [3.63, 3.8) is 0 Å². The van der Waals surface area contributed by atoms with E-state index in [0.29, 0.717) is 0 Å². The summed E-state index contributed by atoms with van der Waals surface area (Å²) in [4.78, 5) is 28.6. The first-order valence-electron chi connectivity index (χ1n) is 10.8. The SMILES string of the molecule is CC(C)(C)c1ccc(-c2ccc(-c3ccccc3)cc2)c(C(C)(C)C)c1.O=[PH](O)O.O=[PH](O)O. The second kappa shape index (κ2) is 13.2. The Morgan fingerprint density at radius 3 is 1.38 bits per heavy atom. The number of rotatable bonds is 2. The van der Waals surface area contributed by atoms with Gasteiger partial charge in [-0.1, -0.05) is 114 Å². The predicted octanol–water partition coefficient (Wildman–Crippen LogP) is 6.34. The van der Waals surface area contributed by atoms with Gasteiger partial charge in [0.2, 0.25) is 0 Å². The van der Waals surface area contributed by atoms with Crippen molar-refractivity contribution in [1.82, 2.24) is 0 Å². The van der Waals surface area contributed by atoms with Crippen LogP contribution in [-0.4, -0.2) is 19.6 Å². The van der Waals surface area contributed by atoms with E-state index in [0.717, 1.165) is 0 Å². The van der Waals surface area contributed by atoms with Crippen LogP contribution in [0.2, 0.25) is 0 Å². The molecule has 186 valence electrons. The van der Waals surface area contributed by atoms with Crippen molar-refractivity contribution in [2.45, 2.75) is 52.4 Å². The molecule has 0 aliphatic rings. The van der Waals surface area contributed by atoms with E-state index in [9.17, 15) is 0 Å². The summed E-state index contributed by atoms with van der Waals surface area (Å²) in [5, 5.41) is 0. The van der Waals surface area contributed by atoms with E-state index in [1.807, 2.05) is 0 Å². The summed E-state index contributed by atoms with van der Waals surface area (Å²) in [6.45, 7) is 13.7. The van der Waals surface area contributed by atoms with E-state index in [2.05, 4.69) is 114 Å². The van der Waals surface area contributed by atoms with Crippen molar-refractivity contribution in [3.05, 3.63) is 83.9 Å². The van der Waals surface area contributed by atoms with Gasteiger partial charge in [0, 0.05) is 0 Å². The Kier molecular flexibility index (Phi) is 11.6. The second-order valence-corrected chi connectivity index (χ2v) is 10.9. The normalized spacial score (nSPS) is 11.4. The molecule has 3 rings (SSSR count). The highest BCUT2D eigenvalue weighted by Gasteiger charge is 2.22. The molecule has 0 fully saturated rings. The molecule has 0 aliphatic heterocycles. The Morgan fingerprint density at radius 2 is 0.971 bits per heavy atom. The molecular weight excluding hydrogens is 470 g/mol. The van der Waals surface area contributed by atoms with E-state index in [-0.39, 0.29) is 10.8 Å². The van der Waals surface area contributed by atoms with Gasteiger partial charge in [0.15, 0.2) is 0 Å². The molecule has 3 aromatic rings. The largest absolute Gasteiger partial charge is 0.326 e. The summed E-state index contributed by atoms with van der Waals surface area (Å²) in [6.07, 6.45) is 0. The van der Waals surface area contributed by atoms with Crippen molar-refractivity contribution in [2.24, 2.45) is 0 Å². The van der Waals surface area contributed by atoms with Crippen LogP contribution in [0.5, 0.6) is 0 Å². The third-order valence-corrected chi connectivity index (χ3v) is 5.00. The molecule has 0 saturated carbocycles. The molecule has 34 heavy (non-hydrogen) atoms. The van der Waals surface area contributed by atoms with Crippen LogP contribution in [0.25, 0.3) is 22.3 Å². The van der Waals surface area contributed by atoms with Crippen molar-refractivity contribution in [1.29, 1.82) is 0 Å². The summed E-state index contributed by atoms with van der Waals surface area (Å²) < 4.78 is 17.5. The van der Waals surface area contributed by atoms with Gasteiger partial charge in [0.25, 0.3) is 0 Å². The molecule has 0 spiro atoms.